The van der Waals surface area contributed by atoms with Crippen molar-refractivity contribution in [2.24, 2.45) is 5.92 Å². The lowest BCUT2D eigenvalue weighted by Crippen LogP contribution is -2.41. The van der Waals surface area contributed by atoms with Crippen molar-refractivity contribution in [3.05, 3.63) is 51.2 Å². The average Bonchev–Trinajstić information content (AvgIpc) is 3.02. The summed E-state index contributed by atoms with van der Waals surface area (Å²) >= 11 is 1.52. The molecule has 5 nitrogen and oxygen atoms in total. The third-order valence-electron chi connectivity index (χ3n) is 4.17. The summed E-state index contributed by atoms with van der Waals surface area (Å²) in [6.45, 7) is 2.23. The minimum atomic E-state index is -0.378. The van der Waals surface area contributed by atoms with Gasteiger partial charge in [-0.1, -0.05) is 13.0 Å². The van der Waals surface area contributed by atoms with Gasteiger partial charge in [0.1, 0.15) is 5.75 Å². The Morgan fingerprint density at radius 1 is 1.21 bits per heavy atom. The summed E-state index contributed by atoms with van der Waals surface area (Å²) in [5.41, 5.74) is 6.63. The van der Waals surface area contributed by atoms with E-state index in [0.717, 1.165) is 12.8 Å². The molecule has 0 fully saturated rings. The first kappa shape index (κ1) is 16.5. The van der Waals surface area contributed by atoms with Crippen molar-refractivity contribution < 1.29 is 14.3 Å². The van der Waals surface area contributed by atoms with E-state index in [4.69, 9.17) is 4.74 Å². The number of fused-ring (bicyclic) bond motifs is 1. The minimum absolute atomic E-state index is 0.279. The molecule has 3 rings (SSSR count). The highest BCUT2D eigenvalue weighted by atomic mass is 32.1. The molecule has 2 N–H and O–H groups in total. The van der Waals surface area contributed by atoms with E-state index in [1.165, 1.54) is 35.3 Å². The molecule has 0 saturated carbocycles. The first-order valence-electron chi connectivity index (χ1n) is 7.93. The second-order valence-electron chi connectivity index (χ2n) is 6.05. The van der Waals surface area contributed by atoms with Gasteiger partial charge in [-0.05, 0) is 55.0 Å². The van der Waals surface area contributed by atoms with Gasteiger partial charge in [0.25, 0.3) is 11.8 Å². The second kappa shape index (κ2) is 7.05. The molecule has 1 atom stereocenters. The Balaban J connectivity index is 1.62. The molecule has 1 unspecified atom stereocenters. The topological polar surface area (TPSA) is 67.4 Å². The summed E-state index contributed by atoms with van der Waals surface area (Å²) < 4.78 is 5.09. The number of hydrazine groups is 1. The van der Waals surface area contributed by atoms with Crippen molar-refractivity contribution in [1.29, 1.82) is 0 Å². The molecule has 2 amide bonds. The van der Waals surface area contributed by atoms with Crippen LogP contribution in [0.5, 0.6) is 5.75 Å². The van der Waals surface area contributed by atoms with Crippen LogP contribution in [-0.2, 0) is 12.8 Å². The molecule has 0 saturated heterocycles. The summed E-state index contributed by atoms with van der Waals surface area (Å²) in [5.74, 6) is 0.597. The number of aryl methyl sites for hydroxylation is 1. The minimum Gasteiger partial charge on any atom is -0.497 e. The summed E-state index contributed by atoms with van der Waals surface area (Å²) in [6, 6.07) is 8.71. The van der Waals surface area contributed by atoms with Gasteiger partial charge in [-0.2, -0.15) is 0 Å². The highest BCUT2D eigenvalue weighted by Crippen LogP contribution is 2.32. The predicted molar refractivity (Wildman–Crippen MR) is 93.4 cm³/mol. The fourth-order valence-electron chi connectivity index (χ4n) is 2.83. The number of hydrogen-bond acceptors (Lipinski definition) is 4. The van der Waals surface area contributed by atoms with Crippen LogP contribution >= 0.6 is 11.3 Å². The Morgan fingerprint density at radius 2 is 2.00 bits per heavy atom. The molecule has 0 spiro atoms. The summed E-state index contributed by atoms with van der Waals surface area (Å²) in [5, 5.41) is 0. The zero-order valence-electron chi connectivity index (χ0n) is 13.7. The van der Waals surface area contributed by atoms with Gasteiger partial charge in [0.15, 0.2) is 0 Å². The molecular weight excluding hydrogens is 324 g/mol. The smallest absolute Gasteiger partial charge is 0.279 e. The lowest BCUT2D eigenvalue weighted by atomic mass is 9.90. The molecule has 1 aliphatic rings. The number of thiophene rings is 1. The van der Waals surface area contributed by atoms with Gasteiger partial charge in [0.2, 0.25) is 0 Å². The maximum Gasteiger partial charge on any atom is 0.279 e. The van der Waals surface area contributed by atoms with Crippen LogP contribution in [0.1, 0.15) is 43.8 Å². The molecule has 0 aliphatic heterocycles. The van der Waals surface area contributed by atoms with Crippen molar-refractivity contribution in [1.82, 2.24) is 10.9 Å². The Kier molecular flexibility index (Phi) is 4.85. The van der Waals surface area contributed by atoms with E-state index < -0.39 is 0 Å². The standard InChI is InChI=1S/C18H20N2O3S/c1-11-6-7-15-13(8-11)10-16(24-15)18(22)20-19-17(21)12-4-3-5-14(9-12)23-2/h3-5,9-11H,6-8H2,1-2H3,(H,19,21)(H,20,22). The Labute approximate surface area is 145 Å². The summed E-state index contributed by atoms with van der Waals surface area (Å²) in [4.78, 5) is 26.3. The number of hydrogen-bond donors (Lipinski definition) is 2. The fraction of sp³-hybridized carbons (Fsp3) is 0.333. The average molecular weight is 344 g/mol. The Bertz CT molecular complexity index is 769. The third kappa shape index (κ3) is 3.59. The lowest BCUT2D eigenvalue weighted by molar-refractivity contribution is 0.0848. The van der Waals surface area contributed by atoms with Crippen LogP contribution in [0.25, 0.3) is 0 Å². The van der Waals surface area contributed by atoms with Crippen molar-refractivity contribution in [3.63, 3.8) is 0 Å². The zero-order valence-corrected chi connectivity index (χ0v) is 14.5. The molecule has 1 aliphatic carbocycles. The summed E-state index contributed by atoms with van der Waals surface area (Å²) in [6.07, 6.45) is 3.22. The van der Waals surface area contributed by atoms with Gasteiger partial charge in [-0.25, -0.2) is 0 Å². The maximum absolute atomic E-state index is 12.3. The monoisotopic (exact) mass is 344 g/mol. The van der Waals surface area contributed by atoms with E-state index in [9.17, 15) is 9.59 Å². The van der Waals surface area contributed by atoms with E-state index in [0.29, 0.717) is 22.1 Å². The first-order chi connectivity index (χ1) is 11.6. The van der Waals surface area contributed by atoms with Crippen LogP contribution < -0.4 is 15.6 Å². The van der Waals surface area contributed by atoms with Gasteiger partial charge in [0, 0.05) is 10.4 Å². The number of methoxy groups -OCH3 is 1. The van der Waals surface area contributed by atoms with Gasteiger partial charge < -0.3 is 4.74 Å². The zero-order chi connectivity index (χ0) is 17.1. The van der Waals surface area contributed by atoms with Crippen molar-refractivity contribution in [2.75, 3.05) is 7.11 Å². The van der Waals surface area contributed by atoms with E-state index in [2.05, 4.69) is 17.8 Å². The van der Waals surface area contributed by atoms with Crippen molar-refractivity contribution >= 4 is 23.2 Å². The van der Waals surface area contributed by atoms with Crippen LogP contribution in [0.15, 0.2) is 30.3 Å². The number of benzene rings is 1. The van der Waals surface area contributed by atoms with Crippen LogP contribution in [0.2, 0.25) is 0 Å². The molecule has 6 heteroatoms. The maximum atomic E-state index is 12.3. The number of amides is 2. The van der Waals surface area contributed by atoms with Gasteiger partial charge in [0.05, 0.1) is 12.0 Å². The van der Waals surface area contributed by atoms with Crippen LogP contribution in [0.3, 0.4) is 0 Å². The number of rotatable bonds is 3. The molecule has 24 heavy (non-hydrogen) atoms. The van der Waals surface area contributed by atoms with Crippen molar-refractivity contribution in [3.8, 4) is 5.75 Å². The highest BCUT2D eigenvalue weighted by Gasteiger charge is 2.21. The molecule has 126 valence electrons. The van der Waals surface area contributed by atoms with Crippen LogP contribution in [-0.4, -0.2) is 18.9 Å². The Morgan fingerprint density at radius 3 is 2.79 bits per heavy atom. The molecule has 2 aromatic rings. The number of carbonyl (C=O) groups is 2. The predicted octanol–water partition coefficient (Wildman–Crippen LogP) is 2.96. The molecular formula is C18H20N2O3S. The largest absolute Gasteiger partial charge is 0.497 e. The normalized spacial score (nSPS) is 16.2. The quantitative estimate of drug-likeness (QED) is 0.841. The number of carbonyl (C=O) groups excluding carboxylic acids is 2. The van der Waals surface area contributed by atoms with E-state index in [1.807, 2.05) is 6.07 Å². The van der Waals surface area contributed by atoms with Crippen LogP contribution in [0, 0.1) is 5.92 Å². The molecule has 0 bridgehead atoms. The van der Waals surface area contributed by atoms with E-state index in [1.54, 1.807) is 24.3 Å². The second-order valence-corrected chi connectivity index (χ2v) is 7.18. The Hall–Kier alpha value is -2.34. The van der Waals surface area contributed by atoms with Crippen molar-refractivity contribution in [2.45, 2.75) is 26.2 Å². The molecule has 1 aromatic heterocycles. The highest BCUT2D eigenvalue weighted by molar-refractivity contribution is 7.14. The molecule has 1 heterocycles. The van der Waals surface area contributed by atoms with E-state index >= 15 is 0 Å². The third-order valence-corrected chi connectivity index (χ3v) is 5.41. The van der Waals surface area contributed by atoms with E-state index in [-0.39, 0.29) is 11.8 Å². The lowest BCUT2D eigenvalue weighted by Gasteiger charge is -2.16. The van der Waals surface area contributed by atoms with Gasteiger partial charge in [-0.15, -0.1) is 11.3 Å². The molecule has 0 radical (unpaired) electrons. The first-order valence-corrected chi connectivity index (χ1v) is 8.75. The number of nitrogens with one attached hydrogen (secondary N) is 2. The van der Waals surface area contributed by atoms with Gasteiger partial charge >= 0.3 is 0 Å². The SMILES string of the molecule is COc1cccc(C(=O)NNC(=O)c2cc3c(s2)CCC(C)C3)c1. The summed E-state index contributed by atoms with van der Waals surface area (Å²) in [7, 11) is 1.54. The number of ether oxygens (including phenoxy) is 1. The fourth-order valence-corrected chi connectivity index (χ4v) is 3.93. The van der Waals surface area contributed by atoms with Gasteiger partial charge in [-0.3, -0.25) is 20.4 Å². The molecule has 1 aromatic carbocycles. The van der Waals surface area contributed by atoms with Crippen LogP contribution in [0.4, 0.5) is 0 Å².